The van der Waals surface area contributed by atoms with E-state index in [0.29, 0.717) is 12.8 Å². The number of likely N-dealkylation sites (N-methyl/N-ethyl adjacent to an activating group) is 1. The van der Waals surface area contributed by atoms with Crippen molar-refractivity contribution in [1.82, 2.24) is 9.80 Å². The van der Waals surface area contributed by atoms with Gasteiger partial charge in [-0.25, -0.2) is 8.42 Å². The highest BCUT2D eigenvalue weighted by molar-refractivity contribution is 7.91. The molecule has 172 valence electrons. The van der Waals surface area contributed by atoms with Crippen LogP contribution >= 0.6 is 0 Å². The number of aldehydes is 1. The Balaban J connectivity index is 1.73. The second kappa shape index (κ2) is 9.27. The third-order valence-electron chi connectivity index (χ3n) is 6.49. The minimum Gasteiger partial charge on any atom is -0.395 e. The van der Waals surface area contributed by atoms with E-state index in [4.69, 9.17) is 5.11 Å². The van der Waals surface area contributed by atoms with Gasteiger partial charge in [-0.15, -0.1) is 0 Å². The quantitative estimate of drug-likeness (QED) is 0.453. The molecule has 2 aromatic carbocycles. The molecular formula is C23H29N3O5S. The van der Waals surface area contributed by atoms with Crippen LogP contribution in [-0.2, 0) is 26.0 Å². The van der Waals surface area contributed by atoms with E-state index >= 15 is 0 Å². The first kappa shape index (κ1) is 22.8. The smallest absolute Gasteiger partial charge is 0.216 e. The minimum absolute atomic E-state index is 0.114. The monoisotopic (exact) mass is 459 g/mol. The molecule has 1 fully saturated rings. The van der Waals surface area contributed by atoms with Crippen molar-refractivity contribution in [1.29, 1.82) is 0 Å². The molecule has 9 heteroatoms. The molecule has 2 heterocycles. The Labute approximate surface area is 188 Å². The van der Waals surface area contributed by atoms with Crippen LogP contribution in [0.15, 0.2) is 30.3 Å². The number of ketones is 1. The number of aliphatic hydroxyl groups excluding tert-OH is 1. The summed E-state index contributed by atoms with van der Waals surface area (Å²) in [5, 5.41) is 11.0. The summed E-state index contributed by atoms with van der Waals surface area (Å²) >= 11 is 0. The van der Waals surface area contributed by atoms with Gasteiger partial charge in [-0.2, -0.15) is 0 Å². The van der Waals surface area contributed by atoms with Gasteiger partial charge >= 0.3 is 0 Å². The van der Waals surface area contributed by atoms with Crippen LogP contribution in [0.25, 0.3) is 10.8 Å². The molecule has 0 aliphatic carbocycles. The molecule has 2 aliphatic rings. The summed E-state index contributed by atoms with van der Waals surface area (Å²) in [6, 6.07) is 9.17. The minimum atomic E-state index is -3.44. The second-order valence-corrected chi connectivity index (χ2v) is 10.9. The molecule has 0 aromatic heterocycles. The zero-order chi connectivity index (χ0) is 22.9. The first-order chi connectivity index (χ1) is 15.3. The summed E-state index contributed by atoms with van der Waals surface area (Å²) in [6.07, 6.45) is 0.327. The van der Waals surface area contributed by atoms with Gasteiger partial charge in [0, 0.05) is 50.3 Å². The maximum absolute atomic E-state index is 12.7. The molecule has 0 radical (unpaired) electrons. The number of carbonyl (C=O) groups excluding carboxylic acids is 2. The molecular weight excluding hydrogens is 430 g/mol. The Bertz CT molecular complexity index is 1130. The molecule has 1 saturated heterocycles. The highest BCUT2D eigenvalue weighted by Crippen LogP contribution is 2.41. The van der Waals surface area contributed by atoms with Gasteiger partial charge in [0.2, 0.25) is 5.78 Å². The average molecular weight is 460 g/mol. The van der Waals surface area contributed by atoms with Crippen molar-refractivity contribution in [2.24, 2.45) is 0 Å². The highest BCUT2D eigenvalue weighted by Gasteiger charge is 2.35. The van der Waals surface area contributed by atoms with E-state index in [1.165, 1.54) is 0 Å². The lowest BCUT2D eigenvalue weighted by Crippen LogP contribution is -2.44. The summed E-state index contributed by atoms with van der Waals surface area (Å²) < 4.78 is 24.3. The molecule has 1 atom stereocenters. The molecule has 1 unspecified atom stereocenters. The third-order valence-corrected chi connectivity index (χ3v) is 8.10. The molecule has 2 aromatic rings. The molecule has 8 nitrogen and oxygen atoms in total. The van der Waals surface area contributed by atoms with E-state index in [0.717, 1.165) is 53.8 Å². The van der Waals surface area contributed by atoms with Crippen LogP contribution in [0.1, 0.15) is 17.2 Å². The van der Waals surface area contributed by atoms with Crippen molar-refractivity contribution in [3.8, 4) is 0 Å². The van der Waals surface area contributed by atoms with Crippen LogP contribution in [0.2, 0.25) is 0 Å². The first-order valence-electron chi connectivity index (χ1n) is 10.9. The van der Waals surface area contributed by atoms with Gasteiger partial charge in [0.25, 0.3) is 0 Å². The van der Waals surface area contributed by atoms with Crippen LogP contribution in [0.4, 0.5) is 5.69 Å². The van der Waals surface area contributed by atoms with Gasteiger partial charge in [0.05, 0.1) is 18.1 Å². The van der Waals surface area contributed by atoms with E-state index in [9.17, 15) is 18.0 Å². The zero-order valence-corrected chi connectivity index (χ0v) is 19.1. The fraction of sp³-hybridized carbons (Fsp3) is 0.478. The van der Waals surface area contributed by atoms with Gasteiger partial charge in [-0.3, -0.25) is 14.5 Å². The summed E-state index contributed by atoms with van der Waals surface area (Å²) in [4.78, 5) is 30.6. The van der Waals surface area contributed by atoms with Crippen LogP contribution in [0.3, 0.4) is 0 Å². The topological polar surface area (TPSA) is 98.2 Å². The number of benzene rings is 2. The predicted octanol–water partition coefficient (Wildman–Crippen LogP) is 0.623. The second-order valence-electron chi connectivity index (χ2n) is 8.57. The Kier molecular flexibility index (Phi) is 6.62. The SMILES string of the molecule is CN1CCN(c2ccc3c4c(cccc24)CN(CCS(=O)(=O)CCO)C3C(=O)C=O)CC1. The number of nitrogens with zero attached hydrogens (tertiary/aromatic N) is 3. The normalized spacial score (nSPS) is 19.9. The molecule has 0 saturated carbocycles. The van der Waals surface area contributed by atoms with Crippen molar-refractivity contribution in [2.75, 3.05) is 62.8 Å². The number of rotatable bonds is 8. The van der Waals surface area contributed by atoms with Gasteiger partial charge in [0.1, 0.15) is 6.04 Å². The third kappa shape index (κ3) is 4.43. The Morgan fingerprint density at radius 1 is 1.12 bits per heavy atom. The summed E-state index contributed by atoms with van der Waals surface area (Å²) in [7, 11) is -1.33. The van der Waals surface area contributed by atoms with E-state index in [1.807, 2.05) is 24.3 Å². The molecule has 0 spiro atoms. The number of Topliss-reactive ketones (excluding diaryl/α,β-unsaturated/α-hetero) is 1. The maximum Gasteiger partial charge on any atom is 0.216 e. The Hall–Kier alpha value is -2.33. The predicted molar refractivity (Wildman–Crippen MR) is 124 cm³/mol. The van der Waals surface area contributed by atoms with E-state index < -0.39 is 28.3 Å². The zero-order valence-electron chi connectivity index (χ0n) is 18.2. The largest absolute Gasteiger partial charge is 0.395 e. The van der Waals surface area contributed by atoms with Crippen molar-refractivity contribution < 1.29 is 23.1 Å². The maximum atomic E-state index is 12.7. The molecule has 2 aliphatic heterocycles. The number of aliphatic hydroxyl groups is 1. The van der Waals surface area contributed by atoms with Crippen LogP contribution in [0, 0.1) is 0 Å². The van der Waals surface area contributed by atoms with Gasteiger partial charge in [-0.05, 0) is 29.6 Å². The highest BCUT2D eigenvalue weighted by atomic mass is 32.2. The Morgan fingerprint density at radius 2 is 1.88 bits per heavy atom. The van der Waals surface area contributed by atoms with Gasteiger partial charge in [0.15, 0.2) is 16.1 Å². The number of sulfone groups is 1. The first-order valence-corrected chi connectivity index (χ1v) is 12.7. The van der Waals surface area contributed by atoms with E-state index in [-0.39, 0.29) is 18.1 Å². The lowest BCUT2D eigenvalue weighted by Gasteiger charge is -2.38. The number of piperazine rings is 1. The lowest BCUT2D eigenvalue weighted by molar-refractivity contribution is -0.133. The van der Waals surface area contributed by atoms with E-state index in [2.05, 4.69) is 22.9 Å². The number of hydrogen-bond acceptors (Lipinski definition) is 8. The van der Waals surface area contributed by atoms with Crippen molar-refractivity contribution in [3.05, 3.63) is 41.5 Å². The molecule has 4 rings (SSSR count). The summed E-state index contributed by atoms with van der Waals surface area (Å²) in [5.74, 6) is -1.07. The number of anilines is 1. The van der Waals surface area contributed by atoms with E-state index in [1.54, 1.807) is 4.90 Å². The van der Waals surface area contributed by atoms with Gasteiger partial charge in [-0.1, -0.05) is 24.3 Å². The lowest BCUT2D eigenvalue weighted by atomic mass is 9.87. The number of hydrogen-bond donors (Lipinski definition) is 1. The van der Waals surface area contributed by atoms with Gasteiger partial charge < -0.3 is 14.9 Å². The average Bonchev–Trinajstić information content (AvgIpc) is 2.78. The summed E-state index contributed by atoms with van der Waals surface area (Å²) in [6.45, 7) is 3.85. The van der Waals surface area contributed by atoms with Crippen LogP contribution < -0.4 is 4.90 Å². The fourth-order valence-electron chi connectivity index (χ4n) is 4.79. The fourth-order valence-corrected chi connectivity index (χ4v) is 5.78. The molecule has 0 amide bonds. The number of carbonyl (C=O) groups is 2. The molecule has 0 bridgehead atoms. The Morgan fingerprint density at radius 3 is 2.56 bits per heavy atom. The molecule has 32 heavy (non-hydrogen) atoms. The van der Waals surface area contributed by atoms with Crippen molar-refractivity contribution >= 4 is 38.4 Å². The standard InChI is InChI=1S/C23H29N3O5S/c1-24-7-9-25(10-8-24)20-6-5-19-22-17(3-2-4-18(20)22)15-26(23(19)21(29)16-28)11-13-32(30,31)14-12-27/h2-6,16,23,27H,7-15H2,1H3. The summed E-state index contributed by atoms with van der Waals surface area (Å²) in [5.41, 5.74) is 2.88. The van der Waals surface area contributed by atoms with Crippen LogP contribution in [0.5, 0.6) is 0 Å². The molecule has 1 N–H and O–H groups in total. The van der Waals surface area contributed by atoms with Crippen molar-refractivity contribution in [2.45, 2.75) is 12.6 Å². The van der Waals surface area contributed by atoms with Crippen LogP contribution in [-0.4, -0.2) is 93.3 Å². The van der Waals surface area contributed by atoms with Crippen molar-refractivity contribution in [3.63, 3.8) is 0 Å².